The Kier molecular flexibility index (Phi) is 7.46. The van der Waals surface area contributed by atoms with Crippen LogP contribution in [0.4, 0.5) is 4.79 Å². The first kappa shape index (κ1) is 26.2. The molecule has 194 valence electrons. The maximum Gasteiger partial charge on any atom is 0.412 e. The highest BCUT2D eigenvalue weighted by atomic mass is 16.6. The lowest BCUT2D eigenvalue weighted by molar-refractivity contribution is -0.156. The molecule has 6 nitrogen and oxygen atoms in total. The molecule has 1 aliphatic heterocycles. The SMILES string of the molecule is CCC[C@H](CC(=O)OC(C)(C)C)[C@H]1COC(C)(C)N1C(=O)OCC1c2ccccc2-c2ccccc21. The first-order valence-electron chi connectivity index (χ1n) is 13.0. The van der Waals surface area contributed by atoms with E-state index in [1.54, 1.807) is 4.90 Å². The van der Waals surface area contributed by atoms with Crippen LogP contribution >= 0.6 is 0 Å². The minimum Gasteiger partial charge on any atom is -0.460 e. The maximum atomic E-state index is 13.6. The predicted octanol–water partition coefficient (Wildman–Crippen LogP) is 6.52. The van der Waals surface area contributed by atoms with E-state index in [0.29, 0.717) is 6.61 Å². The molecule has 2 atom stereocenters. The van der Waals surface area contributed by atoms with Gasteiger partial charge in [0.25, 0.3) is 0 Å². The van der Waals surface area contributed by atoms with E-state index in [2.05, 4.69) is 31.2 Å². The van der Waals surface area contributed by atoms with Gasteiger partial charge in [0.1, 0.15) is 17.9 Å². The average molecular weight is 494 g/mol. The van der Waals surface area contributed by atoms with E-state index >= 15 is 0 Å². The Morgan fingerprint density at radius 2 is 1.64 bits per heavy atom. The van der Waals surface area contributed by atoms with Gasteiger partial charge < -0.3 is 14.2 Å². The molecule has 1 fully saturated rings. The molecule has 6 heteroatoms. The standard InChI is InChI=1S/C30H39NO5/c1-7-12-20(17-27(32)36-29(2,3)4)26-19-35-30(5,6)31(26)28(33)34-18-25-23-15-10-8-13-21(23)22-14-9-11-16-24(22)25/h8-11,13-16,20,25-26H,7,12,17-19H2,1-6H3/t20-,26-/m1/s1. The monoisotopic (exact) mass is 493 g/mol. The molecule has 1 saturated heterocycles. The van der Waals surface area contributed by atoms with Gasteiger partial charge in [-0.1, -0.05) is 61.9 Å². The van der Waals surface area contributed by atoms with Crippen molar-refractivity contribution in [2.75, 3.05) is 13.2 Å². The normalized spacial score (nSPS) is 19.5. The first-order chi connectivity index (χ1) is 17.0. The number of nitrogens with zero attached hydrogens (tertiary/aromatic N) is 1. The van der Waals surface area contributed by atoms with Crippen LogP contribution in [0.3, 0.4) is 0 Å². The van der Waals surface area contributed by atoms with Gasteiger partial charge >= 0.3 is 12.1 Å². The summed E-state index contributed by atoms with van der Waals surface area (Å²) < 4.78 is 17.6. The molecule has 36 heavy (non-hydrogen) atoms. The number of amides is 1. The Morgan fingerprint density at radius 1 is 1.06 bits per heavy atom. The van der Waals surface area contributed by atoms with Crippen LogP contribution < -0.4 is 0 Å². The van der Waals surface area contributed by atoms with Gasteiger partial charge in [0.15, 0.2) is 0 Å². The van der Waals surface area contributed by atoms with Gasteiger partial charge in [-0.25, -0.2) is 4.79 Å². The molecule has 4 rings (SSSR count). The van der Waals surface area contributed by atoms with E-state index in [0.717, 1.165) is 12.8 Å². The topological polar surface area (TPSA) is 65.1 Å². The molecule has 1 amide bonds. The Morgan fingerprint density at radius 3 is 2.19 bits per heavy atom. The van der Waals surface area contributed by atoms with E-state index in [4.69, 9.17) is 14.2 Å². The number of hydrogen-bond acceptors (Lipinski definition) is 5. The number of carbonyl (C=O) groups excluding carboxylic acids is 2. The van der Waals surface area contributed by atoms with Crippen LogP contribution in [0.2, 0.25) is 0 Å². The van der Waals surface area contributed by atoms with Crippen LogP contribution in [0.1, 0.15) is 77.8 Å². The summed E-state index contributed by atoms with van der Waals surface area (Å²) in [6, 6.07) is 16.3. The average Bonchev–Trinajstić information content (AvgIpc) is 3.30. The Labute approximate surface area is 214 Å². The van der Waals surface area contributed by atoms with E-state index in [1.807, 2.05) is 58.9 Å². The minimum absolute atomic E-state index is 0.0142. The molecule has 1 heterocycles. The lowest BCUT2D eigenvalue weighted by Gasteiger charge is -2.36. The zero-order valence-electron chi connectivity index (χ0n) is 22.4. The van der Waals surface area contributed by atoms with Crippen LogP contribution in [-0.4, -0.2) is 47.5 Å². The third kappa shape index (κ3) is 5.44. The van der Waals surface area contributed by atoms with Crippen molar-refractivity contribution in [2.24, 2.45) is 5.92 Å². The largest absolute Gasteiger partial charge is 0.460 e. The van der Waals surface area contributed by atoms with Gasteiger partial charge in [0.2, 0.25) is 0 Å². The smallest absolute Gasteiger partial charge is 0.412 e. The molecule has 0 spiro atoms. The van der Waals surface area contributed by atoms with Crippen molar-refractivity contribution >= 4 is 12.1 Å². The Balaban J connectivity index is 1.51. The van der Waals surface area contributed by atoms with Crippen LogP contribution in [0.5, 0.6) is 0 Å². The van der Waals surface area contributed by atoms with Crippen LogP contribution in [0.25, 0.3) is 11.1 Å². The fraction of sp³-hybridized carbons (Fsp3) is 0.533. The number of rotatable bonds is 7. The van der Waals surface area contributed by atoms with Gasteiger partial charge in [-0.3, -0.25) is 9.69 Å². The summed E-state index contributed by atoms with van der Waals surface area (Å²) in [5, 5.41) is 0. The van der Waals surface area contributed by atoms with Crippen molar-refractivity contribution in [3.63, 3.8) is 0 Å². The highest BCUT2D eigenvalue weighted by molar-refractivity contribution is 5.79. The van der Waals surface area contributed by atoms with Gasteiger partial charge in [-0.15, -0.1) is 0 Å². The Hall–Kier alpha value is -2.86. The molecule has 0 radical (unpaired) electrons. The second kappa shape index (κ2) is 10.3. The summed E-state index contributed by atoms with van der Waals surface area (Å²) in [7, 11) is 0. The van der Waals surface area contributed by atoms with Gasteiger partial charge in [-0.05, 0) is 69.2 Å². The minimum atomic E-state index is -0.826. The molecule has 0 bridgehead atoms. The van der Waals surface area contributed by atoms with Crippen molar-refractivity contribution in [3.05, 3.63) is 59.7 Å². The van der Waals surface area contributed by atoms with Crippen molar-refractivity contribution in [2.45, 2.75) is 84.1 Å². The summed E-state index contributed by atoms with van der Waals surface area (Å²) in [4.78, 5) is 28.0. The highest BCUT2D eigenvalue weighted by Crippen LogP contribution is 2.45. The second-order valence-electron chi connectivity index (χ2n) is 11.3. The lowest BCUT2D eigenvalue weighted by Crippen LogP contribution is -2.51. The van der Waals surface area contributed by atoms with Gasteiger partial charge in [-0.2, -0.15) is 0 Å². The summed E-state index contributed by atoms with van der Waals surface area (Å²) in [5.74, 6) is -0.343. The number of carbonyl (C=O) groups is 2. The molecule has 2 aromatic rings. The van der Waals surface area contributed by atoms with Crippen LogP contribution in [0.15, 0.2) is 48.5 Å². The summed E-state index contributed by atoms with van der Waals surface area (Å²) >= 11 is 0. The number of esters is 1. The second-order valence-corrected chi connectivity index (χ2v) is 11.3. The third-order valence-corrected chi connectivity index (χ3v) is 7.10. The van der Waals surface area contributed by atoms with Crippen LogP contribution in [-0.2, 0) is 19.0 Å². The number of hydrogen-bond donors (Lipinski definition) is 0. The Bertz CT molecular complexity index is 1060. The van der Waals surface area contributed by atoms with Crippen molar-refractivity contribution in [1.82, 2.24) is 4.90 Å². The quantitative estimate of drug-likeness (QED) is 0.411. The van der Waals surface area contributed by atoms with E-state index in [-0.39, 0.29) is 36.9 Å². The number of fused-ring (bicyclic) bond motifs is 3. The molecule has 0 N–H and O–H groups in total. The van der Waals surface area contributed by atoms with Crippen LogP contribution in [0, 0.1) is 5.92 Å². The van der Waals surface area contributed by atoms with E-state index in [9.17, 15) is 9.59 Å². The lowest BCUT2D eigenvalue weighted by atomic mass is 9.90. The maximum absolute atomic E-state index is 13.6. The van der Waals surface area contributed by atoms with E-state index in [1.165, 1.54) is 22.3 Å². The predicted molar refractivity (Wildman–Crippen MR) is 140 cm³/mol. The van der Waals surface area contributed by atoms with Crippen molar-refractivity contribution < 1.29 is 23.8 Å². The van der Waals surface area contributed by atoms with E-state index < -0.39 is 17.4 Å². The molecule has 0 saturated carbocycles. The zero-order chi connectivity index (χ0) is 26.1. The van der Waals surface area contributed by atoms with Crippen molar-refractivity contribution in [3.8, 4) is 11.1 Å². The zero-order valence-corrected chi connectivity index (χ0v) is 22.4. The molecular formula is C30H39NO5. The molecule has 2 aliphatic rings. The van der Waals surface area contributed by atoms with Gasteiger partial charge in [0.05, 0.1) is 19.1 Å². The van der Waals surface area contributed by atoms with Gasteiger partial charge in [0, 0.05) is 5.92 Å². The molecule has 0 aromatic heterocycles. The fourth-order valence-corrected chi connectivity index (χ4v) is 5.60. The summed E-state index contributed by atoms with van der Waals surface area (Å²) in [5.41, 5.74) is 3.36. The highest BCUT2D eigenvalue weighted by Gasteiger charge is 2.48. The third-order valence-electron chi connectivity index (χ3n) is 7.10. The summed E-state index contributed by atoms with van der Waals surface area (Å²) in [6.07, 6.45) is 1.51. The number of ether oxygens (including phenoxy) is 3. The molecule has 1 aliphatic carbocycles. The number of benzene rings is 2. The summed E-state index contributed by atoms with van der Waals surface area (Å²) in [6.45, 7) is 12.1. The van der Waals surface area contributed by atoms with Crippen molar-refractivity contribution in [1.29, 1.82) is 0 Å². The molecule has 2 aromatic carbocycles. The first-order valence-corrected chi connectivity index (χ1v) is 13.0. The molecular weight excluding hydrogens is 454 g/mol. The molecule has 0 unspecified atom stereocenters. The fourth-order valence-electron chi connectivity index (χ4n) is 5.60.